The number of carbonyl (C=O) groups excluding carboxylic acids is 1. The number of nitrogens with zero attached hydrogens (tertiary/aromatic N) is 4. The van der Waals surface area contributed by atoms with Gasteiger partial charge in [-0.2, -0.15) is 13.2 Å². The maximum absolute atomic E-state index is 16.0. The van der Waals surface area contributed by atoms with Crippen LogP contribution in [0.1, 0.15) is 57.9 Å². The van der Waals surface area contributed by atoms with Crippen LogP contribution < -0.4 is 0 Å². The first kappa shape index (κ1) is 32.6. The smallest absolute Gasteiger partial charge is 0.433 e. The van der Waals surface area contributed by atoms with Crippen molar-refractivity contribution in [1.29, 1.82) is 0 Å². The molecule has 3 aromatic rings. The van der Waals surface area contributed by atoms with Gasteiger partial charge in [0.2, 0.25) is 0 Å². The van der Waals surface area contributed by atoms with Crippen LogP contribution in [0.25, 0.3) is 16.9 Å². The van der Waals surface area contributed by atoms with Gasteiger partial charge in [0.05, 0.1) is 41.9 Å². The number of imidazole rings is 1. The quantitative estimate of drug-likeness (QED) is 0.277. The molecule has 242 valence electrons. The van der Waals surface area contributed by atoms with Crippen molar-refractivity contribution in [2.75, 3.05) is 19.7 Å². The minimum atomic E-state index is -4.70. The second kappa shape index (κ2) is 12.2. The van der Waals surface area contributed by atoms with Crippen molar-refractivity contribution >= 4 is 17.5 Å². The molecule has 2 aromatic heterocycles. The molecule has 2 aliphatic heterocycles. The second-order valence-corrected chi connectivity index (χ2v) is 12.9. The van der Waals surface area contributed by atoms with Crippen LogP contribution in [0.5, 0.6) is 0 Å². The molecule has 0 N–H and O–H groups in total. The Morgan fingerprint density at radius 2 is 1.80 bits per heavy atom. The maximum atomic E-state index is 16.0. The molecule has 0 radical (unpaired) electrons. The summed E-state index contributed by atoms with van der Waals surface area (Å²) in [5.41, 5.74) is -0.412. The average molecular weight is 633 g/mol. The van der Waals surface area contributed by atoms with Crippen LogP contribution in [0.2, 0.25) is 0 Å². The fourth-order valence-corrected chi connectivity index (χ4v) is 5.65. The van der Waals surface area contributed by atoms with Crippen molar-refractivity contribution < 1.29 is 36.2 Å². The highest BCUT2D eigenvalue weighted by atomic mass is 19.4. The number of benzene rings is 1. The number of alkyl halides is 3. The Morgan fingerprint density at radius 3 is 2.44 bits per heavy atom. The van der Waals surface area contributed by atoms with Gasteiger partial charge in [0, 0.05) is 30.6 Å². The third-order valence-electron chi connectivity index (χ3n) is 8.17. The van der Waals surface area contributed by atoms with E-state index in [1.807, 2.05) is 13.0 Å². The summed E-state index contributed by atoms with van der Waals surface area (Å²) < 4.78 is 86.2. The van der Waals surface area contributed by atoms with Crippen molar-refractivity contribution in [1.82, 2.24) is 14.3 Å². The van der Waals surface area contributed by atoms with Crippen LogP contribution in [-0.4, -0.2) is 63.7 Å². The van der Waals surface area contributed by atoms with Crippen LogP contribution in [0.15, 0.2) is 47.2 Å². The van der Waals surface area contributed by atoms with Gasteiger partial charge in [0.25, 0.3) is 0 Å². The number of hydrogen-bond donors (Lipinski definition) is 0. The number of aryl methyl sites for hydroxylation is 1. The molecule has 1 aromatic carbocycles. The predicted molar refractivity (Wildman–Crippen MR) is 160 cm³/mol. The van der Waals surface area contributed by atoms with Crippen LogP contribution in [-0.2, 0) is 15.9 Å². The van der Waals surface area contributed by atoms with Crippen LogP contribution in [0, 0.1) is 30.4 Å². The molecule has 5 rings (SSSR count). The first-order valence-electron chi connectivity index (χ1n) is 14.9. The van der Waals surface area contributed by atoms with Crippen molar-refractivity contribution in [2.24, 2.45) is 16.8 Å². The molecule has 45 heavy (non-hydrogen) atoms. The average Bonchev–Trinajstić information content (AvgIpc) is 3.18. The molecule has 1 amide bonds. The summed E-state index contributed by atoms with van der Waals surface area (Å²) in [5, 5.41) is 0. The largest absolute Gasteiger partial charge is 0.444 e. The summed E-state index contributed by atoms with van der Waals surface area (Å²) in [7, 11) is 0. The van der Waals surface area contributed by atoms with Gasteiger partial charge in [-0.15, -0.1) is 0 Å². The first-order valence-corrected chi connectivity index (χ1v) is 14.9. The monoisotopic (exact) mass is 632 g/mol. The number of hydrogen-bond acceptors (Lipinski definition) is 5. The van der Waals surface area contributed by atoms with E-state index in [4.69, 9.17) is 9.47 Å². The number of ether oxygens (including phenoxy) is 2. The Balaban J connectivity index is 1.54. The van der Waals surface area contributed by atoms with Crippen LogP contribution in [0.3, 0.4) is 0 Å². The lowest BCUT2D eigenvalue weighted by molar-refractivity contribution is -0.0925. The fourth-order valence-electron chi connectivity index (χ4n) is 5.65. The van der Waals surface area contributed by atoms with Crippen molar-refractivity contribution in [2.45, 2.75) is 72.3 Å². The van der Waals surface area contributed by atoms with Crippen LogP contribution in [0.4, 0.5) is 26.7 Å². The van der Waals surface area contributed by atoms with Gasteiger partial charge in [-0.05, 0) is 69.9 Å². The molecule has 0 saturated carbocycles. The lowest BCUT2D eigenvalue weighted by atomic mass is 9.86. The highest BCUT2D eigenvalue weighted by Crippen LogP contribution is 2.36. The van der Waals surface area contributed by atoms with Crippen molar-refractivity contribution in [3.63, 3.8) is 0 Å². The van der Waals surface area contributed by atoms with E-state index in [1.165, 1.54) is 0 Å². The third-order valence-corrected chi connectivity index (χ3v) is 8.17. The normalized spacial score (nSPS) is 21.4. The predicted octanol–water partition coefficient (Wildman–Crippen LogP) is 7.68. The van der Waals surface area contributed by atoms with E-state index in [1.54, 1.807) is 56.2 Å². The molecule has 2 aliphatic rings. The number of amides is 1. The summed E-state index contributed by atoms with van der Waals surface area (Å²) in [4.78, 5) is 22.7. The number of halogens is 5. The summed E-state index contributed by atoms with van der Waals surface area (Å²) in [6.07, 6.45) is -2.63. The van der Waals surface area contributed by atoms with Crippen molar-refractivity contribution in [3.05, 3.63) is 70.7 Å². The standard InChI is InChI=1S/C33H37F5N4O3/c1-18-9-10-42-25(16-22-17-41(11-12-44-22)31(43)45-32(4,5)6)30(40-27(42)13-18)28-23(34)14-21(15-24(28)35)29-20(3)19(2)7-8-26(39-29)33(36,37)38/h8-10,13-15,19-20,22H,7,11-12,16-17H2,1-6H3/t19?,20?,22-/m0/s1. The summed E-state index contributed by atoms with van der Waals surface area (Å²) in [5.74, 6) is -2.68. The Bertz CT molecular complexity index is 1650. The molecule has 0 bridgehead atoms. The van der Waals surface area contributed by atoms with Gasteiger partial charge < -0.3 is 18.8 Å². The highest BCUT2D eigenvalue weighted by molar-refractivity contribution is 6.03. The maximum Gasteiger partial charge on any atom is 0.433 e. The summed E-state index contributed by atoms with van der Waals surface area (Å²) >= 11 is 0. The van der Waals surface area contributed by atoms with Crippen LogP contribution >= 0.6 is 0 Å². The molecule has 2 unspecified atom stereocenters. The van der Waals surface area contributed by atoms with E-state index in [9.17, 15) is 18.0 Å². The Labute approximate surface area is 258 Å². The van der Waals surface area contributed by atoms with Gasteiger partial charge in [-0.25, -0.2) is 23.6 Å². The third kappa shape index (κ3) is 7.05. The van der Waals surface area contributed by atoms with Gasteiger partial charge >= 0.3 is 12.3 Å². The first-order chi connectivity index (χ1) is 21.0. The number of rotatable bonds is 4. The SMILES string of the molecule is Cc1ccn2c(C[C@H]3CN(C(=O)OC(C)(C)C)CCO3)c(-c3c(F)cc(C4=NC(C(F)(F)F)=CCC(C)C4C)cc3F)nc2c1. The zero-order chi connectivity index (χ0) is 32.8. The molecule has 1 fully saturated rings. The lowest BCUT2D eigenvalue weighted by Gasteiger charge is -2.34. The molecule has 3 atom stereocenters. The molecule has 0 aliphatic carbocycles. The summed E-state index contributed by atoms with van der Waals surface area (Å²) in [6.45, 7) is 11.5. The molecular weight excluding hydrogens is 595 g/mol. The second-order valence-electron chi connectivity index (χ2n) is 12.9. The zero-order valence-electron chi connectivity index (χ0n) is 26.1. The van der Waals surface area contributed by atoms with E-state index in [0.29, 0.717) is 17.9 Å². The van der Waals surface area contributed by atoms with Crippen molar-refractivity contribution in [3.8, 4) is 11.3 Å². The molecule has 1 saturated heterocycles. The minimum absolute atomic E-state index is 0.0309. The van der Waals surface area contributed by atoms with Gasteiger partial charge in [0.15, 0.2) is 0 Å². The highest BCUT2D eigenvalue weighted by Gasteiger charge is 2.37. The Hall–Kier alpha value is -3.80. The fraction of sp³-hybridized carbons (Fsp3) is 0.485. The molecule has 12 heteroatoms. The Kier molecular flexibility index (Phi) is 8.82. The zero-order valence-corrected chi connectivity index (χ0v) is 26.1. The molecule has 4 heterocycles. The van der Waals surface area contributed by atoms with E-state index in [2.05, 4.69) is 9.98 Å². The number of aromatic nitrogens is 2. The van der Waals surface area contributed by atoms with E-state index in [0.717, 1.165) is 23.8 Å². The van der Waals surface area contributed by atoms with Gasteiger partial charge in [-0.3, -0.25) is 0 Å². The lowest BCUT2D eigenvalue weighted by Crippen LogP contribution is -2.48. The minimum Gasteiger partial charge on any atom is -0.444 e. The summed E-state index contributed by atoms with van der Waals surface area (Å²) in [6, 6.07) is 5.67. The number of morpholine rings is 1. The molecular formula is C33H37F5N4O3. The molecule has 0 spiro atoms. The number of allylic oxidation sites excluding steroid dienone is 2. The Morgan fingerprint density at radius 1 is 1.11 bits per heavy atom. The number of carbonyl (C=O) groups is 1. The number of aliphatic imine (C=N–C) groups is 1. The van der Waals surface area contributed by atoms with E-state index < -0.39 is 52.8 Å². The van der Waals surface area contributed by atoms with Gasteiger partial charge in [-0.1, -0.05) is 19.9 Å². The van der Waals surface area contributed by atoms with E-state index >= 15 is 8.78 Å². The molecule has 7 nitrogen and oxygen atoms in total. The number of fused-ring (bicyclic) bond motifs is 1. The van der Waals surface area contributed by atoms with Gasteiger partial charge in [0.1, 0.15) is 28.6 Å². The number of pyridine rings is 1. The topological polar surface area (TPSA) is 68.4 Å². The van der Waals surface area contributed by atoms with E-state index in [-0.39, 0.29) is 48.9 Å².